The number of carbonyl (C=O) groups is 1. The van der Waals surface area contributed by atoms with Crippen LogP contribution in [-0.4, -0.2) is 37.5 Å². The molecule has 1 aromatic rings. The first-order chi connectivity index (χ1) is 11.4. The quantitative estimate of drug-likeness (QED) is 0.820. The van der Waals surface area contributed by atoms with Crippen molar-refractivity contribution in [3.05, 3.63) is 35.4 Å². The number of benzene rings is 1. The lowest BCUT2D eigenvalue weighted by molar-refractivity contribution is -0.121. The van der Waals surface area contributed by atoms with Gasteiger partial charge in [-0.3, -0.25) is 4.79 Å². The third-order valence-corrected chi connectivity index (χ3v) is 6.04. The molecule has 1 aromatic carbocycles. The molecule has 5 nitrogen and oxygen atoms in total. The Kier molecular flexibility index (Phi) is 6.80. The molecular weight excluding hydrogens is 324 g/mol. The highest BCUT2D eigenvalue weighted by atomic mass is 32.2. The Balaban J connectivity index is 1.87. The molecule has 1 aliphatic rings. The Morgan fingerprint density at radius 3 is 2.50 bits per heavy atom. The zero-order chi connectivity index (χ0) is 17.6. The van der Waals surface area contributed by atoms with Gasteiger partial charge in [0.2, 0.25) is 15.9 Å². The molecule has 1 N–H and O–H groups in total. The summed E-state index contributed by atoms with van der Waals surface area (Å²) in [5, 5.41) is 2.89. The first-order valence-corrected chi connectivity index (χ1v) is 10.5. The van der Waals surface area contributed by atoms with E-state index < -0.39 is 10.0 Å². The summed E-state index contributed by atoms with van der Waals surface area (Å²) in [6.07, 6.45) is 6.55. The van der Waals surface area contributed by atoms with Crippen molar-refractivity contribution in [2.75, 3.05) is 12.8 Å². The van der Waals surface area contributed by atoms with Gasteiger partial charge in [0.1, 0.15) is 0 Å². The number of rotatable bonds is 7. The molecule has 134 valence electrons. The molecule has 0 spiro atoms. The first kappa shape index (κ1) is 18.9. The van der Waals surface area contributed by atoms with E-state index in [4.69, 9.17) is 0 Å². The van der Waals surface area contributed by atoms with Gasteiger partial charge in [0.25, 0.3) is 0 Å². The molecule has 0 aromatic heterocycles. The van der Waals surface area contributed by atoms with Crippen molar-refractivity contribution < 1.29 is 13.2 Å². The number of aryl methyl sites for hydroxylation is 1. The van der Waals surface area contributed by atoms with Gasteiger partial charge in [0, 0.05) is 25.6 Å². The van der Waals surface area contributed by atoms with Gasteiger partial charge in [-0.2, -0.15) is 4.31 Å². The Bertz CT molecular complexity index is 652. The summed E-state index contributed by atoms with van der Waals surface area (Å²) in [5.41, 5.74) is 2.22. The van der Waals surface area contributed by atoms with Gasteiger partial charge in [-0.1, -0.05) is 43.5 Å². The number of amides is 1. The number of hydrogen-bond acceptors (Lipinski definition) is 3. The minimum Gasteiger partial charge on any atom is -0.352 e. The Labute approximate surface area is 145 Å². The van der Waals surface area contributed by atoms with Crippen molar-refractivity contribution in [1.82, 2.24) is 9.62 Å². The zero-order valence-electron chi connectivity index (χ0n) is 14.6. The molecule has 1 amide bonds. The van der Waals surface area contributed by atoms with Crippen LogP contribution < -0.4 is 5.32 Å². The SMILES string of the molecule is Cc1ccccc1CNC(=O)CCN(C1CCCCC1)S(C)(=O)=O. The van der Waals surface area contributed by atoms with Crippen molar-refractivity contribution in [2.24, 2.45) is 0 Å². The summed E-state index contributed by atoms with van der Waals surface area (Å²) in [5.74, 6) is -0.109. The van der Waals surface area contributed by atoms with Crippen molar-refractivity contribution >= 4 is 15.9 Å². The lowest BCUT2D eigenvalue weighted by Crippen LogP contribution is -2.42. The largest absolute Gasteiger partial charge is 0.352 e. The smallest absolute Gasteiger partial charge is 0.221 e. The maximum atomic E-state index is 12.1. The second-order valence-electron chi connectivity index (χ2n) is 6.62. The summed E-state index contributed by atoms with van der Waals surface area (Å²) < 4.78 is 25.7. The second kappa shape index (κ2) is 8.62. The molecule has 0 atom stereocenters. The average Bonchev–Trinajstić information content (AvgIpc) is 2.54. The fourth-order valence-corrected chi connectivity index (χ4v) is 4.47. The third-order valence-electron chi connectivity index (χ3n) is 4.70. The number of nitrogens with one attached hydrogen (secondary N) is 1. The monoisotopic (exact) mass is 352 g/mol. The first-order valence-electron chi connectivity index (χ1n) is 8.66. The molecular formula is C18H28N2O3S. The molecule has 2 rings (SSSR count). The number of carbonyl (C=O) groups excluding carboxylic acids is 1. The molecule has 6 heteroatoms. The summed E-state index contributed by atoms with van der Waals surface area (Å²) in [4.78, 5) is 12.1. The highest BCUT2D eigenvalue weighted by Crippen LogP contribution is 2.24. The van der Waals surface area contributed by atoms with Crippen LogP contribution in [0.1, 0.15) is 49.7 Å². The van der Waals surface area contributed by atoms with Crippen molar-refractivity contribution in [2.45, 2.75) is 58.0 Å². The summed E-state index contributed by atoms with van der Waals surface area (Å²) >= 11 is 0. The Hall–Kier alpha value is -1.40. The van der Waals surface area contributed by atoms with E-state index in [9.17, 15) is 13.2 Å². The van der Waals surface area contributed by atoms with Crippen LogP contribution in [-0.2, 0) is 21.4 Å². The lowest BCUT2D eigenvalue weighted by Gasteiger charge is -2.32. The van der Waals surface area contributed by atoms with Crippen LogP contribution in [0.25, 0.3) is 0 Å². The van der Waals surface area contributed by atoms with Crippen LogP contribution >= 0.6 is 0 Å². The van der Waals surface area contributed by atoms with E-state index in [-0.39, 0.29) is 24.9 Å². The fourth-order valence-electron chi connectivity index (χ4n) is 3.29. The van der Waals surface area contributed by atoms with Crippen molar-refractivity contribution in [3.8, 4) is 0 Å². The number of sulfonamides is 1. The van der Waals surface area contributed by atoms with Crippen molar-refractivity contribution in [3.63, 3.8) is 0 Å². The second-order valence-corrected chi connectivity index (χ2v) is 8.55. The third kappa shape index (κ3) is 5.60. The van der Waals surface area contributed by atoms with E-state index in [1.165, 1.54) is 17.0 Å². The minimum absolute atomic E-state index is 0.0536. The van der Waals surface area contributed by atoms with E-state index in [2.05, 4.69) is 5.32 Å². The van der Waals surface area contributed by atoms with E-state index in [0.29, 0.717) is 6.54 Å². The average molecular weight is 353 g/mol. The standard InChI is InChI=1S/C18H28N2O3S/c1-15-8-6-7-9-16(15)14-19-18(21)12-13-20(24(2,22)23)17-10-4-3-5-11-17/h6-9,17H,3-5,10-14H2,1-2H3,(H,19,21). The maximum Gasteiger partial charge on any atom is 0.221 e. The molecule has 0 unspecified atom stereocenters. The summed E-state index contributed by atoms with van der Waals surface area (Å²) in [7, 11) is -3.28. The van der Waals surface area contributed by atoms with Gasteiger partial charge in [-0.25, -0.2) is 8.42 Å². The lowest BCUT2D eigenvalue weighted by atomic mass is 9.95. The Morgan fingerprint density at radius 1 is 1.21 bits per heavy atom. The molecule has 0 heterocycles. The van der Waals surface area contributed by atoms with Gasteiger partial charge >= 0.3 is 0 Å². The zero-order valence-corrected chi connectivity index (χ0v) is 15.4. The van der Waals surface area contributed by atoms with Gasteiger partial charge < -0.3 is 5.32 Å². The van der Waals surface area contributed by atoms with Crippen LogP contribution in [0.4, 0.5) is 0 Å². The fraction of sp³-hybridized carbons (Fsp3) is 0.611. The van der Waals surface area contributed by atoms with Crippen molar-refractivity contribution in [1.29, 1.82) is 0 Å². The maximum absolute atomic E-state index is 12.1. The van der Waals surface area contributed by atoms with E-state index >= 15 is 0 Å². The van der Waals surface area contributed by atoms with Crippen LogP contribution in [0.2, 0.25) is 0 Å². The molecule has 1 aliphatic carbocycles. The number of nitrogens with zero attached hydrogens (tertiary/aromatic N) is 1. The highest BCUT2D eigenvalue weighted by Gasteiger charge is 2.28. The summed E-state index contributed by atoms with van der Waals surface area (Å²) in [6.45, 7) is 2.76. The normalized spacial score (nSPS) is 16.3. The highest BCUT2D eigenvalue weighted by molar-refractivity contribution is 7.88. The molecule has 1 fully saturated rings. The molecule has 0 bridgehead atoms. The predicted molar refractivity (Wildman–Crippen MR) is 96.1 cm³/mol. The number of hydrogen-bond donors (Lipinski definition) is 1. The van der Waals surface area contributed by atoms with E-state index in [1.807, 2.05) is 31.2 Å². The molecule has 0 saturated heterocycles. The molecule has 24 heavy (non-hydrogen) atoms. The molecule has 1 saturated carbocycles. The van der Waals surface area contributed by atoms with Gasteiger partial charge in [-0.05, 0) is 30.9 Å². The minimum atomic E-state index is -3.28. The molecule has 0 aliphatic heterocycles. The van der Waals surface area contributed by atoms with Crippen LogP contribution in [0, 0.1) is 6.92 Å². The topological polar surface area (TPSA) is 66.5 Å². The van der Waals surface area contributed by atoms with Crippen LogP contribution in [0.5, 0.6) is 0 Å². The summed E-state index contributed by atoms with van der Waals surface area (Å²) in [6, 6.07) is 7.96. The van der Waals surface area contributed by atoms with E-state index in [0.717, 1.165) is 36.8 Å². The van der Waals surface area contributed by atoms with Crippen LogP contribution in [0.15, 0.2) is 24.3 Å². The van der Waals surface area contributed by atoms with Gasteiger partial charge in [0.05, 0.1) is 6.26 Å². The Morgan fingerprint density at radius 2 is 1.88 bits per heavy atom. The van der Waals surface area contributed by atoms with Gasteiger partial charge in [0.15, 0.2) is 0 Å². The van der Waals surface area contributed by atoms with E-state index in [1.54, 1.807) is 0 Å². The molecule has 0 radical (unpaired) electrons. The van der Waals surface area contributed by atoms with Gasteiger partial charge in [-0.15, -0.1) is 0 Å². The predicted octanol–water partition coefficient (Wildman–Crippen LogP) is 2.60. The van der Waals surface area contributed by atoms with Crippen LogP contribution in [0.3, 0.4) is 0 Å².